The fraction of sp³-hybridized carbons (Fsp3) is 0. The number of carbonyl (C=O) groups is 1. The topological polar surface area (TPSA) is 72.2 Å². The highest BCUT2D eigenvalue weighted by Crippen LogP contribution is 2.27. The molecule has 1 aromatic carbocycles. The average molecular weight is 327 g/mol. The molecule has 0 aliphatic rings. The molecule has 0 spiro atoms. The Morgan fingerprint density at radius 1 is 1.23 bits per heavy atom. The fourth-order valence-corrected chi connectivity index (χ4v) is 3.44. The number of thiophene rings is 1. The van der Waals surface area contributed by atoms with E-state index in [9.17, 15) is 4.79 Å². The van der Waals surface area contributed by atoms with Gasteiger partial charge < -0.3 is 5.32 Å². The number of carbonyl (C=O) groups excluding carboxylic acids is 1. The van der Waals surface area contributed by atoms with Gasteiger partial charge in [-0.2, -0.15) is 9.61 Å². The maximum Gasteiger partial charge on any atom is 0.265 e. The average Bonchev–Trinajstić information content (AvgIpc) is 3.24. The van der Waals surface area contributed by atoms with Gasteiger partial charge in [0.15, 0.2) is 0 Å². The molecule has 0 saturated carbocycles. The summed E-state index contributed by atoms with van der Waals surface area (Å²) in [5.74, 6) is -0.106. The minimum absolute atomic E-state index is 0.106. The summed E-state index contributed by atoms with van der Waals surface area (Å²) < 4.78 is 1.64. The van der Waals surface area contributed by atoms with E-state index in [2.05, 4.69) is 20.6 Å². The lowest BCUT2D eigenvalue weighted by Gasteiger charge is -2.04. The van der Waals surface area contributed by atoms with E-state index in [4.69, 9.17) is 0 Å². The molecule has 3 aromatic heterocycles. The quantitative estimate of drug-likeness (QED) is 0.627. The number of hydrogen-bond donors (Lipinski definition) is 1. The molecule has 6 nitrogen and oxygen atoms in total. The second-order valence-electron chi connectivity index (χ2n) is 4.48. The Morgan fingerprint density at radius 2 is 2.18 bits per heavy atom. The lowest BCUT2D eigenvalue weighted by atomic mass is 10.2. The van der Waals surface area contributed by atoms with Crippen LogP contribution in [0.5, 0.6) is 0 Å². The third-order valence-electron chi connectivity index (χ3n) is 3.00. The molecule has 0 atom stereocenters. The zero-order valence-corrected chi connectivity index (χ0v) is 12.8. The molecule has 0 unspecified atom stereocenters. The molecule has 1 amide bonds. The zero-order valence-electron chi connectivity index (χ0n) is 11.1. The summed E-state index contributed by atoms with van der Waals surface area (Å²) in [4.78, 5) is 13.5. The standard InChI is InChI=1S/C14H9N5OS2/c20-12(11-5-2-6-21-11)16-10-4-1-3-9(7-10)13-18-19-8-15-17-14(19)22-13/h1-8H,(H,16,20). The molecule has 0 fully saturated rings. The highest BCUT2D eigenvalue weighted by atomic mass is 32.1. The van der Waals surface area contributed by atoms with Crippen LogP contribution in [0.2, 0.25) is 0 Å². The van der Waals surface area contributed by atoms with E-state index in [-0.39, 0.29) is 5.91 Å². The number of hydrogen-bond acceptors (Lipinski definition) is 6. The van der Waals surface area contributed by atoms with Crippen molar-refractivity contribution in [3.8, 4) is 10.6 Å². The predicted octanol–water partition coefficient (Wildman–Crippen LogP) is 3.17. The number of anilines is 1. The molecule has 0 radical (unpaired) electrons. The molecular weight excluding hydrogens is 318 g/mol. The van der Waals surface area contributed by atoms with Crippen LogP contribution in [-0.4, -0.2) is 25.7 Å². The van der Waals surface area contributed by atoms with E-state index < -0.39 is 0 Å². The Hall–Kier alpha value is -2.58. The highest BCUT2D eigenvalue weighted by molar-refractivity contribution is 7.19. The zero-order chi connectivity index (χ0) is 14.9. The van der Waals surface area contributed by atoms with Crippen LogP contribution < -0.4 is 5.32 Å². The Bertz CT molecular complexity index is 913. The van der Waals surface area contributed by atoms with Gasteiger partial charge in [-0.3, -0.25) is 4.79 Å². The summed E-state index contributed by atoms with van der Waals surface area (Å²) in [6.07, 6.45) is 1.57. The lowest BCUT2D eigenvalue weighted by Crippen LogP contribution is -2.09. The first-order valence-corrected chi connectivity index (χ1v) is 8.11. The monoisotopic (exact) mass is 327 g/mol. The molecule has 0 aliphatic carbocycles. The first-order valence-electron chi connectivity index (χ1n) is 6.42. The third-order valence-corrected chi connectivity index (χ3v) is 4.83. The Labute approximate surface area is 133 Å². The van der Waals surface area contributed by atoms with Crippen LogP contribution in [0.15, 0.2) is 48.1 Å². The van der Waals surface area contributed by atoms with Crippen molar-refractivity contribution in [2.24, 2.45) is 0 Å². The summed E-state index contributed by atoms with van der Waals surface area (Å²) >= 11 is 2.86. The number of rotatable bonds is 3. The predicted molar refractivity (Wildman–Crippen MR) is 86.4 cm³/mol. The maximum atomic E-state index is 12.1. The molecule has 8 heteroatoms. The van der Waals surface area contributed by atoms with E-state index in [0.29, 0.717) is 4.88 Å². The van der Waals surface area contributed by atoms with Gasteiger partial charge in [-0.05, 0) is 23.6 Å². The van der Waals surface area contributed by atoms with E-state index in [1.165, 1.54) is 22.7 Å². The van der Waals surface area contributed by atoms with E-state index in [1.807, 2.05) is 35.7 Å². The van der Waals surface area contributed by atoms with Crippen LogP contribution in [0.1, 0.15) is 9.67 Å². The molecule has 1 N–H and O–H groups in total. The van der Waals surface area contributed by atoms with E-state index >= 15 is 0 Å². The normalized spacial score (nSPS) is 10.9. The third kappa shape index (κ3) is 2.38. The van der Waals surface area contributed by atoms with Gasteiger partial charge in [0.25, 0.3) is 5.91 Å². The SMILES string of the molecule is O=C(Nc1cccc(-c2nn3cnnc3s2)c1)c1cccs1. The number of amides is 1. The smallest absolute Gasteiger partial charge is 0.265 e. The van der Waals surface area contributed by atoms with Crippen molar-refractivity contribution in [3.63, 3.8) is 0 Å². The summed E-state index contributed by atoms with van der Waals surface area (Å²) in [6, 6.07) is 11.3. The number of aromatic nitrogens is 4. The second kappa shape index (κ2) is 5.32. The van der Waals surface area contributed by atoms with Crippen LogP contribution in [0, 0.1) is 0 Å². The van der Waals surface area contributed by atoms with E-state index in [0.717, 1.165) is 21.2 Å². The Kier molecular flexibility index (Phi) is 3.17. The lowest BCUT2D eigenvalue weighted by molar-refractivity contribution is 0.103. The molecule has 4 aromatic rings. The molecule has 3 heterocycles. The Balaban J connectivity index is 1.63. The number of nitrogens with one attached hydrogen (secondary N) is 1. The maximum absolute atomic E-state index is 12.1. The minimum Gasteiger partial charge on any atom is -0.321 e. The number of nitrogens with zero attached hydrogens (tertiary/aromatic N) is 4. The van der Waals surface area contributed by atoms with E-state index in [1.54, 1.807) is 16.9 Å². The van der Waals surface area contributed by atoms with Gasteiger partial charge >= 0.3 is 0 Å². The minimum atomic E-state index is -0.106. The summed E-state index contributed by atoms with van der Waals surface area (Å²) in [7, 11) is 0. The van der Waals surface area contributed by atoms with Crippen molar-refractivity contribution >= 4 is 39.2 Å². The first-order chi connectivity index (χ1) is 10.8. The molecule has 4 rings (SSSR count). The van der Waals surface area contributed by atoms with Crippen LogP contribution in [0.3, 0.4) is 0 Å². The highest BCUT2D eigenvalue weighted by Gasteiger charge is 2.10. The summed E-state index contributed by atoms with van der Waals surface area (Å²) in [5, 5.41) is 17.8. The first kappa shape index (κ1) is 13.1. The van der Waals surface area contributed by atoms with Crippen molar-refractivity contribution in [1.29, 1.82) is 0 Å². The van der Waals surface area contributed by atoms with Crippen molar-refractivity contribution in [1.82, 2.24) is 19.8 Å². The van der Waals surface area contributed by atoms with Crippen LogP contribution in [0.4, 0.5) is 5.69 Å². The van der Waals surface area contributed by atoms with Gasteiger partial charge in [0.1, 0.15) is 11.3 Å². The largest absolute Gasteiger partial charge is 0.321 e. The van der Waals surface area contributed by atoms with Crippen molar-refractivity contribution < 1.29 is 4.79 Å². The van der Waals surface area contributed by atoms with Crippen molar-refractivity contribution in [2.75, 3.05) is 5.32 Å². The van der Waals surface area contributed by atoms with Gasteiger partial charge in [0.05, 0.1) is 4.88 Å². The second-order valence-corrected chi connectivity index (χ2v) is 6.38. The molecule has 0 aliphatic heterocycles. The molecule has 0 bridgehead atoms. The number of fused-ring (bicyclic) bond motifs is 1. The number of benzene rings is 1. The molecule has 108 valence electrons. The van der Waals surface area contributed by atoms with Gasteiger partial charge in [-0.1, -0.05) is 29.5 Å². The van der Waals surface area contributed by atoms with Crippen LogP contribution in [0.25, 0.3) is 15.5 Å². The molecule has 22 heavy (non-hydrogen) atoms. The van der Waals surface area contributed by atoms with Crippen molar-refractivity contribution in [2.45, 2.75) is 0 Å². The van der Waals surface area contributed by atoms with Crippen LogP contribution in [-0.2, 0) is 0 Å². The van der Waals surface area contributed by atoms with Crippen LogP contribution >= 0.6 is 22.7 Å². The van der Waals surface area contributed by atoms with Gasteiger partial charge in [-0.15, -0.1) is 21.5 Å². The summed E-state index contributed by atoms with van der Waals surface area (Å²) in [6.45, 7) is 0. The van der Waals surface area contributed by atoms with Gasteiger partial charge in [0, 0.05) is 11.3 Å². The molecular formula is C14H9N5OS2. The summed E-state index contributed by atoms with van der Waals surface area (Å²) in [5.41, 5.74) is 1.67. The van der Waals surface area contributed by atoms with Gasteiger partial charge in [0.2, 0.25) is 4.96 Å². The Morgan fingerprint density at radius 3 is 3.00 bits per heavy atom. The van der Waals surface area contributed by atoms with Gasteiger partial charge in [-0.25, -0.2) is 0 Å². The molecule has 0 saturated heterocycles. The van der Waals surface area contributed by atoms with Crippen molar-refractivity contribution in [3.05, 3.63) is 53.0 Å². The fourth-order valence-electron chi connectivity index (χ4n) is 2.01.